The molecule has 0 spiro atoms. The smallest absolute Gasteiger partial charge is 0.119 e. The van der Waals surface area contributed by atoms with E-state index in [0.29, 0.717) is 0 Å². The van der Waals surface area contributed by atoms with E-state index < -0.39 is 0 Å². The molecule has 0 unspecified atom stereocenters. The van der Waals surface area contributed by atoms with Crippen molar-refractivity contribution in [2.75, 3.05) is 12.9 Å². The maximum atomic E-state index is 5.66. The van der Waals surface area contributed by atoms with Crippen molar-refractivity contribution in [2.45, 2.75) is 17.9 Å². The molecule has 0 aliphatic carbocycles. The molecule has 13 heavy (non-hydrogen) atoms. The number of ether oxygens (including phenoxy) is 1. The average Bonchev–Trinajstić information content (AvgIpc) is 2.15. The highest BCUT2D eigenvalue weighted by molar-refractivity contribution is 7.99. The normalized spacial score (nSPS) is 12.5. The average molecular weight is 197 g/mol. The fraction of sp³-hybridized carbons (Fsp3) is 0.400. The number of thioether (sulfide) groups is 1. The van der Waals surface area contributed by atoms with E-state index in [0.717, 1.165) is 11.5 Å². The summed E-state index contributed by atoms with van der Waals surface area (Å²) in [5.41, 5.74) is 5.66. The Kier molecular flexibility index (Phi) is 4.12. The van der Waals surface area contributed by atoms with Crippen LogP contribution in [-0.2, 0) is 0 Å². The van der Waals surface area contributed by atoms with Crippen LogP contribution in [0.1, 0.15) is 6.92 Å². The lowest BCUT2D eigenvalue weighted by Crippen LogP contribution is -2.17. The van der Waals surface area contributed by atoms with Gasteiger partial charge in [-0.25, -0.2) is 0 Å². The first-order chi connectivity index (χ1) is 6.22. The van der Waals surface area contributed by atoms with E-state index in [2.05, 4.69) is 6.07 Å². The minimum Gasteiger partial charge on any atom is -0.497 e. The quantitative estimate of drug-likeness (QED) is 0.751. The van der Waals surface area contributed by atoms with Crippen molar-refractivity contribution in [3.8, 4) is 5.75 Å². The van der Waals surface area contributed by atoms with Crippen molar-refractivity contribution in [2.24, 2.45) is 5.73 Å². The fourth-order valence-electron chi connectivity index (χ4n) is 0.919. The second kappa shape index (κ2) is 5.14. The van der Waals surface area contributed by atoms with Gasteiger partial charge in [0.1, 0.15) is 5.75 Å². The maximum absolute atomic E-state index is 5.66. The molecule has 0 amide bonds. The Labute approximate surface area is 83.5 Å². The molecule has 0 saturated heterocycles. The summed E-state index contributed by atoms with van der Waals surface area (Å²) in [6, 6.07) is 8.25. The molecule has 0 bridgehead atoms. The van der Waals surface area contributed by atoms with E-state index in [1.165, 1.54) is 4.90 Å². The highest BCUT2D eigenvalue weighted by Crippen LogP contribution is 2.22. The third-order valence-electron chi connectivity index (χ3n) is 1.55. The van der Waals surface area contributed by atoms with Gasteiger partial charge in [-0.15, -0.1) is 11.8 Å². The highest BCUT2D eigenvalue weighted by Gasteiger charge is 1.98. The third kappa shape index (κ3) is 3.70. The van der Waals surface area contributed by atoms with Crippen molar-refractivity contribution >= 4 is 11.8 Å². The molecule has 0 heterocycles. The topological polar surface area (TPSA) is 35.2 Å². The van der Waals surface area contributed by atoms with Gasteiger partial charge in [-0.1, -0.05) is 6.07 Å². The van der Waals surface area contributed by atoms with E-state index in [1.807, 2.05) is 25.1 Å². The van der Waals surface area contributed by atoms with Gasteiger partial charge in [-0.3, -0.25) is 0 Å². The first-order valence-corrected chi connectivity index (χ1v) is 5.23. The molecule has 3 heteroatoms. The Morgan fingerprint density at radius 1 is 1.54 bits per heavy atom. The minimum absolute atomic E-state index is 0.233. The number of methoxy groups -OCH3 is 1. The molecule has 0 fully saturated rings. The van der Waals surface area contributed by atoms with Gasteiger partial charge in [0.05, 0.1) is 7.11 Å². The minimum atomic E-state index is 0.233. The fourth-order valence-corrected chi connectivity index (χ4v) is 1.75. The zero-order valence-corrected chi connectivity index (χ0v) is 8.80. The molecule has 0 radical (unpaired) electrons. The zero-order valence-electron chi connectivity index (χ0n) is 7.99. The second-order valence-electron chi connectivity index (χ2n) is 2.97. The van der Waals surface area contributed by atoms with Crippen LogP contribution < -0.4 is 10.5 Å². The highest BCUT2D eigenvalue weighted by atomic mass is 32.2. The Bertz CT molecular complexity index is 263. The summed E-state index contributed by atoms with van der Waals surface area (Å²) < 4.78 is 5.12. The van der Waals surface area contributed by atoms with Crippen LogP contribution in [0.3, 0.4) is 0 Å². The largest absolute Gasteiger partial charge is 0.497 e. The van der Waals surface area contributed by atoms with Crippen LogP contribution in [0.4, 0.5) is 0 Å². The number of nitrogens with two attached hydrogens (primary N) is 1. The van der Waals surface area contributed by atoms with Crippen molar-refractivity contribution in [1.29, 1.82) is 0 Å². The Hall–Kier alpha value is -0.670. The van der Waals surface area contributed by atoms with E-state index in [9.17, 15) is 0 Å². The van der Waals surface area contributed by atoms with Crippen LogP contribution in [0.25, 0.3) is 0 Å². The van der Waals surface area contributed by atoms with E-state index in [-0.39, 0.29) is 6.04 Å². The predicted octanol–water partition coefficient (Wildman–Crippen LogP) is 2.13. The first-order valence-electron chi connectivity index (χ1n) is 4.25. The summed E-state index contributed by atoms with van der Waals surface area (Å²) in [7, 11) is 1.68. The van der Waals surface area contributed by atoms with Crippen LogP contribution in [0.5, 0.6) is 5.75 Å². The zero-order chi connectivity index (χ0) is 9.68. The van der Waals surface area contributed by atoms with E-state index in [4.69, 9.17) is 10.5 Å². The van der Waals surface area contributed by atoms with Gasteiger partial charge in [0.2, 0.25) is 0 Å². The lowest BCUT2D eigenvalue weighted by molar-refractivity contribution is 0.413. The molecule has 1 rings (SSSR count). The predicted molar refractivity (Wildman–Crippen MR) is 57.4 cm³/mol. The lowest BCUT2D eigenvalue weighted by atomic mass is 10.3. The Balaban J connectivity index is 2.56. The van der Waals surface area contributed by atoms with E-state index >= 15 is 0 Å². The van der Waals surface area contributed by atoms with Crippen molar-refractivity contribution < 1.29 is 4.74 Å². The van der Waals surface area contributed by atoms with Gasteiger partial charge in [0.15, 0.2) is 0 Å². The van der Waals surface area contributed by atoms with Crippen molar-refractivity contribution in [3.63, 3.8) is 0 Å². The molecule has 0 aliphatic rings. The van der Waals surface area contributed by atoms with Gasteiger partial charge < -0.3 is 10.5 Å². The summed E-state index contributed by atoms with van der Waals surface area (Å²) in [5.74, 6) is 1.84. The molecule has 0 saturated carbocycles. The van der Waals surface area contributed by atoms with E-state index in [1.54, 1.807) is 18.9 Å². The summed E-state index contributed by atoms with van der Waals surface area (Å²) in [4.78, 5) is 1.21. The molecule has 2 nitrogen and oxygen atoms in total. The number of rotatable bonds is 4. The maximum Gasteiger partial charge on any atom is 0.119 e. The van der Waals surface area contributed by atoms with Crippen LogP contribution in [-0.4, -0.2) is 18.9 Å². The molecule has 1 aromatic carbocycles. The molecule has 2 N–H and O–H groups in total. The van der Waals surface area contributed by atoms with Gasteiger partial charge in [0.25, 0.3) is 0 Å². The molecule has 1 aromatic rings. The number of benzene rings is 1. The Morgan fingerprint density at radius 3 is 2.92 bits per heavy atom. The third-order valence-corrected chi connectivity index (χ3v) is 2.83. The van der Waals surface area contributed by atoms with Crippen molar-refractivity contribution in [3.05, 3.63) is 24.3 Å². The van der Waals surface area contributed by atoms with Crippen LogP contribution in [0, 0.1) is 0 Å². The molecule has 72 valence electrons. The lowest BCUT2D eigenvalue weighted by Gasteiger charge is -2.05. The SMILES string of the molecule is COc1cccc(SC[C@H](C)N)c1. The van der Waals surface area contributed by atoms with Crippen LogP contribution >= 0.6 is 11.8 Å². The van der Waals surface area contributed by atoms with Crippen LogP contribution in [0.15, 0.2) is 29.2 Å². The standard InChI is InChI=1S/C10H15NOS/c1-8(11)7-13-10-5-3-4-9(6-10)12-2/h3-6,8H,7,11H2,1-2H3/t8-/m0/s1. The molecule has 0 aliphatic heterocycles. The molecule has 0 aromatic heterocycles. The van der Waals surface area contributed by atoms with Gasteiger partial charge in [-0.05, 0) is 25.1 Å². The summed E-state index contributed by atoms with van der Waals surface area (Å²) in [6.45, 7) is 2.01. The summed E-state index contributed by atoms with van der Waals surface area (Å²) >= 11 is 1.75. The number of hydrogen-bond acceptors (Lipinski definition) is 3. The monoisotopic (exact) mass is 197 g/mol. The second-order valence-corrected chi connectivity index (χ2v) is 4.06. The van der Waals surface area contributed by atoms with Crippen molar-refractivity contribution in [1.82, 2.24) is 0 Å². The number of hydrogen-bond donors (Lipinski definition) is 1. The molecule has 1 atom stereocenters. The van der Waals surface area contributed by atoms with Gasteiger partial charge in [0, 0.05) is 16.7 Å². The van der Waals surface area contributed by atoms with Gasteiger partial charge >= 0.3 is 0 Å². The molecular weight excluding hydrogens is 182 g/mol. The van der Waals surface area contributed by atoms with Crippen LogP contribution in [0.2, 0.25) is 0 Å². The summed E-state index contributed by atoms with van der Waals surface area (Å²) in [5, 5.41) is 0. The summed E-state index contributed by atoms with van der Waals surface area (Å²) in [6.07, 6.45) is 0. The molecular formula is C10H15NOS. The first kappa shape index (κ1) is 10.4. The van der Waals surface area contributed by atoms with Gasteiger partial charge in [-0.2, -0.15) is 0 Å². The Morgan fingerprint density at radius 2 is 2.31 bits per heavy atom.